The van der Waals surface area contributed by atoms with E-state index < -0.39 is 9.84 Å². The molecule has 0 radical (unpaired) electrons. The Balaban J connectivity index is 2.69. The van der Waals surface area contributed by atoms with E-state index in [2.05, 4.69) is 0 Å². The van der Waals surface area contributed by atoms with E-state index in [1.54, 1.807) is 18.2 Å². The first kappa shape index (κ1) is 14.3. The van der Waals surface area contributed by atoms with Crippen LogP contribution in [0.1, 0.15) is 5.56 Å². The van der Waals surface area contributed by atoms with E-state index in [1.165, 1.54) is 6.26 Å². The summed E-state index contributed by atoms with van der Waals surface area (Å²) in [6.45, 7) is 0.626. The van der Waals surface area contributed by atoms with Gasteiger partial charge in [0.1, 0.15) is 12.4 Å². The second kappa shape index (κ2) is 6.23. The van der Waals surface area contributed by atoms with E-state index >= 15 is 0 Å². The molecule has 4 nitrogen and oxygen atoms in total. The summed E-state index contributed by atoms with van der Waals surface area (Å²) in [4.78, 5) is 0. The van der Waals surface area contributed by atoms with Gasteiger partial charge in [-0.25, -0.2) is 8.42 Å². The highest BCUT2D eigenvalue weighted by Gasteiger charge is 2.06. The molecule has 96 valence electrons. The molecule has 0 aliphatic rings. The van der Waals surface area contributed by atoms with Crippen LogP contribution >= 0.6 is 11.6 Å². The molecule has 0 bridgehead atoms. The highest BCUT2D eigenvalue weighted by atomic mass is 35.5. The average molecular weight is 278 g/mol. The van der Waals surface area contributed by atoms with Crippen molar-refractivity contribution in [2.24, 2.45) is 5.73 Å². The summed E-state index contributed by atoms with van der Waals surface area (Å²) < 4.78 is 27.4. The lowest BCUT2D eigenvalue weighted by Gasteiger charge is -2.11. The molecule has 0 aliphatic heterocycles. The summed E-state index contributed by atoms with van der Waals surface area (Å²) in [5.74, 6) is 0.640. The zero-order valence-electron chi connectivity index (χ0n) is 9.65. The molecule has 0 spiro atoms. The third kappa shape index (κ3) is 5.39. The maximum Gasteiger partial charge on any atom is 0.150 e. The molecular weight excluding hydrogens is 262 g/mol. The van der Waals surface area contributed by atoms with E-state index in [-0.39, 0.29) is 12.4 Å². The third-order valence-corrected chi connectivity index (χ3v) is 3.29. The molecular formula is C11H16ClNO3S. The first-order chi connectivity index (χ1) is 7.92. The van der Waals surface area contributed by atoms with E-state index in [0.29, 0.717) is 23.7 Å². The Hall–Kier alpha value is -0.780. The van der Waals surface area contributed by atoms with Gasteiger partial charge < -0.3 is 10.5 Å². The van der Waals surface area contributed by atoms with Gasteiger partial charge in [-0.05, 0) is 36.7 Å². The summed E-state index contributed by atoms with van der Waals surface area (Å²) in [6.07, 6.45) is 1.83. The van der Waals surface area contributed by atoms with E-state index in [4.69, 9.17) is 22.1 Å². The van der Waals surface area contributed by atoms with Crippen molar-refractivity contribution in [3.05, 3.63) is 28.8 Å². The minimum Gasteiger partial charge on any atom is -0.492 e. The molecule has 6 heteroatoms. The predicted octanol–water partition coefficient (Wildman–Crippen LogP) is 1.26. The Morgan fingerprint density at radius 1 is 1.41 bits per heavy atom. The highest BCUT2D eigenvalue weighted by Crippen LogP contribution is 2.23. The fourth-order valence-corrected chi connectivity index (χ4v) is 1.92. The summed E-state index contributed by atoms with van der Waals surface area (Å²) in [6, 6.07) is 5.22. The Labute approximate surface area is 107 Å². The van der Waals surface area contributed by atoms with Gasteiger partial charge in [0, 0.05) is 11.3 Å². The second-order valence-corrected chi connectivity index (χ2v) is 6.47. The molecule has 0 amide bonds. The first-order valence-corrected chi connectivity index (χ1v) is 7.65. The molecule has 0 heterocycles. The zero-order chi connectivity index (χ0) is 12.9. The number of hydrogen-bond donors (Lipinski definition) is 1. The van der Waals surface area contributed by atoms with Crippen LogP contribution in [0, 0.1) is 0 Å². The Morgan fingerprint density at radius 2 is 2.12 bits per heavy atom. The van der Waals surface area contributed by atoms with Gasteiger partial charge in [0.15, 0.2) is 9.84 Å². The molecule has 0 aromatic heterocycles. The van der Waals surface area contributed by atoms with Crippen LogP contribution in [-0.4, -0.2) is 33.6 Å². The standard InChI is InChI=1S/C11H16ClNO3S/c1-17(14,15)7-6-16-11-3-2-10(12)8-9(11)4-5-13/h2-3,8H,4-7,13H2,1H3. The number of benzene rings is 1. The van der Waals surface area contributed by atoms with Crippen molar-refractivity contribution in [1.29, 1.82) is 0 Å². The monoisotopic (exact) mass is 277 g/mol. The van der Waals surface area contributed by atoms with Crippen molar-refractivity contribution in [2.45, 2.75) is 6.42 Å². The molecule has 0 aliphatic carbocycles. The quantitative estimate of drug-likeness (QED) is 0.850. The number of hydrogen-bond acceptors (Lipinski definition) is 4. The summed E-state index contributed by atoms with van der Waals surface area (Å²) >= 11 is 5.87. The van der Waals surface area contributed by atoms with Gasteiger partial charge >= 0.3 is 0 Å². The van der Waals surface area contributed by atoms with Crippen molar-refractivity contribution in [3.8, 4) is 5.75 Å². The Bertz CT molecular complexity index is 474. The van der Waals surface area contributed by atoms with Crippen LogP contribution in [0.5, 0.6) is 5.75 Å². The molecule has 2 N–H and O–H groups in total. The summed E-state index contributed by atoms with van der Waals surface area (Å²) in [5.41, 5.74) is 6.38. The zero-order valence-corrected chi connectivity index (χ0v) is 11.2. The van der Waals surface area contributed by atoms with Gasteiger partial charge in [-0.2, -0.15) is 0 Å². The molecule has 0 atom stereocenters. The summed E-state index contributed by atoms with van der Waals surface area (Å²) in [7, 11) is -3.00. The van der Waals surface area contributed by atoms with Gasteiger partial charge in [-0.3, -0.25) is 0 Å². The van der Waals surface area contributed by atoms with Gasteiger partial charge in [0.2, 0.25) is 0 Å². The maximum absolute atomic E-state index is 11.0. The average Bonchev–Trinajstić information content (AvgIpc) is 2.20. The van der Waals surface area contributed by atoms with Crippen LogP contribution in [0.2, 0.25) is 5.02 Å². The molecule has 0 unspecified atom stereocenters. The molecule has 0 saturated heterocycles. The maximum atomic E-state index is 11.0. The van der Waals surface area contributed by atoms with Crippen LogP contribution in [0.15, 0.2) is 18.2 Å². The number of sulfone groups is 1. The number of nitrogens with two attached hydrogens (primary N) is 1. The van der Waals surface area contributed by atoms with Crippen molar-refractivity contribution in [1.82, 2.24) is 0 Å². The van der Waals surface area contributed by atoms with Gasteiger partial charge in [0.05, 0.1) is 5.75 Å². The smallest absolute Gasteiger partial charge is 0.150 e. The number of ether oxygens (including phenoxy) is 1. The van der Waals surface area contributed by atoms with Crippen molar-refractivity contribution < 1.29 is 13.2 Å². The van der Waals surface area contributed by atoms with E-state index in [0.717, 1.165) is 5.56 Å². The lowest BCUT2D eigenvalue weighted by molar-refractivity contribution is 0.337. The van der Waals surface area contributed by atoms with Gasteiger partial charge in [0.25, 0.3) is 0 Å². The van der Waals surface area contributed by atoms with Crippen LogP contribution in [0.4, 0.5) is 0 Å². The SMILES string of the molecule is CS(=O)(=O)CCOc1ccc(Cl)cc1CCN. The molecule has 1 aromatic rings. The van der Waals surface area contributed by atoms with Crippen LogP contribution < -0.4 is 10.5 Å². The fraction of sp³-hybridized carbons (Fsp3) is 0.455. The largest absolute Gasteiger partial charge is 0.492 e. The topological polar surface area (TPSA) is 69.4 Å². The third-order valence-electron chi connectivity index (χ3n) is 2.15. The van der Waals surface area contributed by atoms with Crippen LogP contribution in [0.25, 0.3) is 0 Å². The minimum absolute atomic E-state index is 0.00229. The Morgan fingerprint density at radius 3 is 2.71 bits per heavy atom. The minimum atomic E-state index is -3.00. The van der Waals surface area contributed by atoms with Crippen molar-refractivity contribution in [3.63, 3.8) is 0 Å². The van der Waals surface area contributed by atoms with Crippen molar-refractivity contribution in [2.75, 3.05) is 25.2 Å². The lowest BCUT2D eigenvalue weighted by Crippen LogP contribution is -2.13. The molecule has 1 aromatic carbocycles. The van der Waals surface area contributed by atoms with E-state index in [9.17, 15) is 8.42 Å². The van der Waals surface area contributed by atoms with Crippen LogP contribution in [-0.2, 0) is 16.3 Å². The van der Waals surface area contributed by atoms with Gasteiger partial charge in [-0.1, -0.05) is 11.6 Å². The second-order valence-electron chi connectivity index (χ2n) is 3.77. The molecule has 0 fully saturated rings. The lowest BCUT2D eigenvalue weighted by atomic mass is 10.1. The predicted molar refractivity (Wildman–Crippen MR) is 69.4 cm³/mol. The van der Waals surface area contributed by atoms with Crippen LogP contribution in [0.3, 0.4) is 0 Å². The normalized spacial score (nSPS) is 11.5. The molecule has 0 saturated carbocycles. The Kier molecular flexibility index (Phi) is 5.24. The highest BCUT2D eigenvalue weighted by molar-refractivity contribution is 7.90. The summed E-state index contributed by atoms with van der Waals surface area (Å²) in [5, 5.41) is 0.615. The van der Waals surface area contributed by atoms with Gasteiger partial charge in [-0.15, -0.1) is 0 Å². The number of halogens is 1. The molecule has 1 rings (SSSR count). The molecule has 17 heavy (non-hydrogen) atoms. The first-order valence-electron chi connectivity index (χ1n) is 5.21. The fourth-order valence-electron chi connectivity index (χ4n) is 1.34. The van der Waals surface area contributed by atoms with E-state index in [1.807, 2.05) is 0 Å². The van der Waals surface area contributed by atoms with Crippen molar-refractivity contribution >= 4 is 21.4 Å². The number of rotatable bonds is 6.